The summed E-state index contributed by atoms with van der Waals surface area (Å²) in [7, 11) is 1.96. The molecular weight excluding hydrogens is 332 g/mol. The maximum Gasteiger partial charge on any atom is 0.255 e. The van der Waals surface area contributed by atoms with Crippen molar-refractivity contribution in [3.63, 3.8) is 0 Å². The Morgan fingerprint density at radius 3 is 2.69 bits per heavy atom. The van der Waals surface area contributed by atoms with Crippen LogP contribution in [0.15, 0.2) is 53.1 Å². The smallest absolute Gasteiger partial charge is 0.255 e. The van der Waals surface area contributed by atoms with Gasteiger partial charge in [0, 0.05) is 14.0 Å². The number of carbonyl (C=O) groups is 1. The van der Waals surface area contributed by atoms with Crippen molar-refractivity contribution in [3.8, 4) is 5.75 Å². The number of amides is 1. The summed E-state index contributed by atoms with van der Waals surface area (Å²) in [6, 6.07) is 15.2. The van der Waals surface area contributed by atoms with E-state index in [0.717, 1.165) is 11.3 Å². The van der Waals surface area contributed by atoms with E-state index in [1.807, 2.05) is 55.6 Å². The van der Waals surface area contributed by atoms with E-state index in [-0.39, 0.29) is 18.7 Å². The van der Waals surface area contributed by atoms with Crippen molar-refractivity contribution in [2.45, 2.75) is 19.7 Å². The largest absolute Gasteiger partial charge is 0.485 e. The maximum absolute atomic E-state index is 12.4. The number of nitrogens with one attached hydrogen (secondary N) is 1. The molecular formula is C19H18N4O3. The molecule has 0 radical (unpaired) electrons. The molecule has 3 aromatic rings. The lowest BCUT2D eigenvalue weighted by atomic mass is 10.0. The SMILES string of the molecule is Cc1nc(COc2ccc([C@H]3NC(=O)c4ccccc4N3C)cc2)no1. The molecule has 7 nitrogen and oxygen atoms in total. The lowest BCUT2D eigenvalue weighted by Crippen LogP contribution is -2.44. The van der Waals surface area contributed by atoms with Crippen molar-refractivity contribution in [1.29, 1.82) is 0 Å². The Kier molecular flexibility index (Phi) is 4.04. The molecule has 0 spiro atoms. The molecule has 1 N–H and O–H groups in total. The van der Waals surface area contributed by atoms with Gasteiger partial charge in [-0.05, 0) is 29.8 Å². The van der Waals surface area contributed by atoms with Crippen LogP contribution in [-0.4, -0.2) is 23.1 Å². The molecule has 1 aliphatic rings. The van der Waals surface area contributed by atoms with E-state index in [1.165, 1.54) is 0 Å². The summed E-state index contributed by atoms with van der Waals surface area (Å²) < 4.78 is 10.6. The van der Waals surface area contributed by atoms with Crippen LogP contribution in [0.25, 0.3) is 0 Å². The summed E-state index contributed by atoms with van der Waals surface area (Å²) >= 11 is 0. The second kappa shape index (κ2) is 6.51. The van der Waals surface area contributed by atoms with Crippen LogP contribution >= 0.6 is 0 Å². The number of anilines is 1. The summed E-state index contributed by atoms with van der Waals surface area (Å²) in [5.41, 5.74) is 2.56. The predicted octanol–water partition coefficient (Wildman–Crippen LogP) is 2.84. The van der Waals surface area contributed by atoms with E-state index in [4.69, 9.17) is 9.26 Å². The predicted molar refractivity (Wildman–Crippen MR) is 94.9 cm³/mol. The molecule has 2 aromatic carbocycles. The number of aromatic nitrogens is 2. The number of nitrogens with zero attached hydrogens (tertiary/aromatic N) is 3. The van der Waals surface area contributed by atoms with Crippen LogP contribution in [0, 0.1) is 6.92 Å². The number of fused-ring (bicyclic) bond motifs is 1. The Morgan fingerprint density at radius 2 is 1.96 bits per heavy atom. The minimum atomic E-state index is -0.230. The van der Waals surface area contributed by atoms with Gasteiger partial charge in [-0.15, -0.1) is 0 Å². The molecule has 26 heavy (non-hydrogen) atoms. The number of para-hydroxylation sites is 1. The van der Waals surface area contributed by atoms with Gasteiger partial charge < -0.3 is 19.5 Å². The summed E-state index contributed by atoms with van der Waals surface area (Å²) in [4.78, 5) is 18.5. The minimum Gasteiger partial charge on any atom is -0.485 e. The van der Waals surface area contributed by atoms with E-state index in [2.05, 4.69) is 20.4 Å². The molecule has 4 rings (SSSR count). The first-order chi connectivity index (χ1) is 12.6. The van der Waals surface area contributed by atoms with E-state index in [0.29, 0.717) is 23.0 Å². The highest BCUT2D eigenvalue weighted by molar-refractivity contribution is 6.01. The monoisotopic (exact) mass is 350 g/mol. The fraction of sp³-hybridized carbons (Fsp3) is 0.211. The van der Waals surface area contributed by atoms with Crippen LogP contribution in [0.1, 0.15) is 33.8 Å². The summed E-state index contributed by atoms with van der Waals surface area (Å²) in [5.74, 6) is 1.63. The fourth-order valence-corrected chi connectivity index (χ4v) is 3.01. The number of hydrogen-bond donors (Lipinski definition) is 1. The van der Waals surface area contributed by atoms with Gasteiger partial charge in [0.2, 0.25) is 11.7 Å². The highest BCUT2D eigenvalue weighted by atomic mass is 16.5. The first-order valence-electron chi connectivity index (χ1n) is 8.26. The van der Waals surface area contributed by atoms with Crippen LogP contribution in [-0.2, 0) is 6.61 Å². The first kappa shape index (κ1) is 16.1. The molecule has 1 aliphatic heterocycles. The lowest BCUT2D eigenvalue weighted by molar-refractivity contribution is 0.0928. The fourth-order valence-electron chi connectivity index (χ4n) is 3.01. The average molecular weight is 350 g/mol. The minimum absolute atomic E-state index is 0.0727. The summed E-state index contributed by atoms with van der Waals surface area (Å²) in [5, 5.41) is 6.83. The molecule has 1 atom stereocenters. The number of aryl methyl sites for hydroxylation is 1. The standard InChI is InChI=1S/C19H18N4O3/c1-12-20-17(22-26-12)11-25-14-9-7-13(8-10-14)18-21-19(24)15-5-3-4-6-16(15)23(18)2/h3-10,18H,11H2,1-2H3,(H,21,24)/t18-/m0/s1. The third-order valence-electron chi connectivity index (χ3n) is 4.32. The number of ether oxygens (including phenoxy) is 1. The Morgan fingerprint density at radius 1 is 1.19 bits per heavy atom. The van der Waals surface area contributed by atoms with Crippen LogP contribution in [0.3, 0.4) is 0 Å². The molecule has 0 saturated carbocycles. The Bertz CT molecular complexity index is 936. The normalized spacial score (nSPS) is 16.2. The van der Waals surface area contributed by atoms with Gasteiger partial charge in [-0.3, -0.25) is 4.79 Å². The molecule has 0 bridgehead atoms. The first-order valence-corrected chi connectivity index (χ1v) is 8.26. The second-order valence-electron chi connectivity index (χ2n) is 6.09. The average Bonchev–Trinajstić information content (AvgIpc) is 3.09. The van der Waals surface area contributed by atoms with Gasteiger partial charge >= 0.3 is 0 Å². The molecule has 0 saturated heterocycles. The van der Waals surface area contributed by atoms with E-state index in [9.17, 15) is 4.79 Å². The number of carbonyl (C=O) groups excluding carboxylic acids is 1. The Labute approximate surface area is 150 Å². The van der Waals surface area contributed by atoms with E-state index < -0.39 is 0 Å². The molecule has 132 valence electrons. The third kappa shape index (κ3) is 2.99. The molecule has 1 aromatic heterocycles. The zero-order chi connectivity index (χ0) is 18.1. The van der Waals surface area contributed by atoms with Crippen LogP contribution in [0.2, 0.25) is 0 Å². The molecule has 0 aliphatic carbocycles. The zero-order valence-corrected chi connectivity index (χ0v) is 14.5. The van der Waals surface area contributed by atoms with Gasteiger partial charge in [-0.2, -0.15) is 4.98 Å². The Balaban J connectivity index is 1.49. The highest BCUT2D eigenvalue weighted by Crippen LogP contribution is 2.32. The number of rotatable bonds is 4. The Hall–Kier alpha value is -3.35. The van der Waals surface area contributed by atoms with Gasteiger partial charge in [0.25, 0.3) is 5.91 Å². The number of hydrogen-bond acceptors (Lipinski definition) is 6. The van der Waals surface area contributed by atoms with Gasteiger partial charge in [0.05, 0.1) is 11.3 Å². The summed E-state index contributed by atoms with van der Waals surface area (Å²) in [6.45, 7) is 1.97. The molecule has 1 amide bonds. The van der Waals surface area contributed by atoms with Crippen molar-refractivity contribution >= 4 is 11.6 Å². The quantitative estimate of drug-likeness (QED) is 0.779. The van der Waals surface area contributed by atoms with Gasteiger partial charge in [-0.25, -0.2) is 0 Å². The second-order valence-corrected chi connectivity index (χ2v) is 6.09. The van der Waals surface area contributed by atoms with Gasteiger partial charge in [0.15, 0.2) is 6.61 Å². The molecule has 0 fully saturated rings. The lowest BCUT2D eigenvalue weighted by Gasteiger charge is -2.36. The summed E-state index contributed by atoms with van der Waals surface area (Å²) in [6.07, 6.45) is -0.230. The number of benzene rings is 2. The molecule has 0 unspecified atom stereocenters. The van der Waals surface area contributed by atoms with Crippen LogP contribution in [0.4, 0.5) is 5.69 Å². The van der Waals surface area contributed by atoms with Crippen LogP contribution < -0.4 is 15.0 Å². The van der Waals surface area contributed by atoms with Crippen molar-refractivity contribution in [2.24, 2.45) is 0 Å². The van der Waals surface area contributed by atoms with Crippen molar-refractivity contribution in [1.82, 2.24) is 15.5 Å². The highest BCUT2D eigenvalue weighted by Gasteiger charge is 2.28. The molecule has 7 heteroatoms. The van der Waals surface area contributed by atoms with Crippen molar-refractivity contribution in [3.05, 3.63) is 71.4 Å². The maximum atomic E-state index is 12.4. The van der Waals surface area contributed by atoms with Crippen molar-refractivity contribution in [2.75, 3.05) is 11.9 Å². The van der Waals surface area contributed by atoms with Crippen LogP contribution in [0.5, 0.6) is 5.75 Å². The zero-order valence-electron chi connectivity index (χ0n) is 14.5. The van der Waals surface area contributed by atoms with Gasteiger partial charge in [-0.1, -0.05) is 29.4 Å². The van der Waals surface area contributed by atoms with E-state index in [1.54, 1.807) is 6.92 Å². The van der Waals surface area contributed by atoms with E-state index >= 15 is 0 Å². The third-order valence-corrected chi connectivity index (χ3v) is 4.32. The topological polar surface area (TPSA) is 80.5 Å². The van der Waals surface area contributed by atoms with Gasteiger partial charge in [0.1, 0.15) is 11.9 Å². The van der Waals surface area contributed by atoms with Crippen molar-refractivity contribution < 1.29 is 14.1 Å². The molecule has 2 heterocycles.